The minimum absolute atomic E-state index is 0.246. The van der Waals surface area contributed by atoms with Crippen LogP contribution in [0.25, 0.3) is 0 Å². The van der Waals surface area contributed by atoms with Gasteiger partial charge in [-0.1, -0.05) is 6.07 Å². The van der Waals surface area contributed by atoms with Gasteiger partial charge in [-0.05, 0) is 48.9 Å². The van der Waals surface area contributed by atoms with Crippen LogP contribution in [-0.2, 0) is 16.8 Å². The van der Waals surface area contributed by atoms with Crippen molar-refractivity contribution in [2.24, 2.45) is 11.1 Å². The van der Waals surface area contributed by atoms with E-state index in [9.17, 15) is 9.50 Å². The molecule has 1 fully saturated rings. The van der Waals surface area contributed by atoms with Crippen LogP contribution in [0.3, 0.4) is 0 Å². The molecular weight excluding hydrogens is 245 g/mol. The molecule has 2 aliphatic rings. The van der Waals surface area contributed by atoms with Crippen molar-refractivity contribution in [3.63, 3.8) is 0 Å². The predicted molar refractivity (Wildman–Crippen MR) is 70.2 cm³/mol. The van der Waals surface area contributed by atoms with Crippen LogP contribution in [0.4, 0.5) is 4.39 Å². The number of rotatable bonds is 2. The number of hydrogen-bond donors (Lipinski definition) is 2. The minimum Gasteiger partial charge on any atom is -0.384 e. The largest absolute Gasteiger partial charge is 0.384 e. The smallest absolute Gasteiger partial charge is 0.123 e. The Bertz CT molecular complexity index is 485. The zero-order valence-electron chi connectivity index (χ0n) is 11.0. The summed E-state index contributed by atoms with van der Waals surface area (Å²) in [6, 6.07) is 4.66. The molecule has 4 heteroatoms. The Morgan fingerprint density at radius 2 is 2.21 bits per heavy atom. The molecule has 19 heavy (non-hydrogen) atoms. The van der Waals surface area contributed by atoms with E-state index in [1.807, 2.05) is 0 Å². The van der Waals surface area contributed by atoms with E-state index in [1.54, 1.807) is 6.07 Å². The first-order chi connectivity index (χ1) is 9.11. The maximum absolute atomic E-state index is 13.3. The second kappa shape index (κ2) is 4.54. The van der Waals surface area contributed by atoms with Crippen LogP contribution in [0, 0.1) is 11.2 Å². The molecule has 2 atom stereocenters. The summed E-state index contributed by atoms with van der Waals surface area (Å²) in [7, 11) is 0. The average molecular weight is 265 g/mol. The molecule has 1 aliphatic carbocycles. The molecule has 3 rings (SSSR count). The van der Waals surface area contributed by atoms with Crippen molar-refractivity contribution in [2.75, 3.05) is 19.8 Å². The van der Waals surface area contributed by atoms with Crippen molar-refractivity contribution < 1.29 is 14.2 Å². The molecule has 3 nitrogen and oxygen atoms in total. The Kier molecular flexibility index (Phi) is 3.12. The fourth-order valence-electron chi connectivity index (χ4n) is 3.68. The highest BCUT2D eigenvalue weighted by Crippen LogP contribution is 2.52. The zero-order valence-corrected chi connectivity index (χ0v) is 11.0. The molecule has 0 aromatic heterocycles. The van der Waals surface area contributed by atoms with Gasteiger partial charge in [-0.2, -0.15) is 0 Å². The summed E-state index contributed by atoms with van der Waals surface area (Å²) in [4.78, 5) is 0. The first-order valence-electron chi connectivity index (χ1n) is 6.90. The van der Waals surface area contributed by atoms with Gasteiger partial charge >= 0.3 is 0 Å². The van der Waals surface area contributed by atoms with Gasteiger partial charge < -0.3 is 15.6 Å². The number of benzene rings is 1. The number of aryl methyl sites for hydroxylation is 1. The summed E-state index contributed by atoms with van der Waals surface area (Å²) in [5, 5.41) is 11.2. The second-order valence-corrected chi connectivity index (χ2v) is 5.80. The van der Waals surface area contributed by atoms with Gasteiger partial charge in [0.1, 0.15) is 5.82 Å². The molecule has 1 aliphatic heterocycles. The molecular formula is C15H20FNO2. The SMILES string of the molecule is NCC1(C2(O)CCc3cc(F)ccc32)CCCOC1. The maximum Gasteiger partial charge on any atom is 0.123 e. The van der Waals surface area contributed by atoms with Crippen LogP contribution in [0.2, 0.25) is 0 Å². The third-order valence-corrected chi connectivity index (χ3v) is 4.86. The number of nitrogens with two attached hydrogens (primary N) is 1. The Morgan fingerprint density at radius 1 is 1.37 bits per heavy atom. The lowest BCUT2D eigenvalue weighted by atomic mass is 9.66. The van der Waals surface area contributed by atoms with Crippen LogP contribution in [0.15, 0.2) is 18.2 Å². The van der Waals surface area contributed by atoms with E-state index in [2.05, 4.69) is 0 Å². The van der Waals surface area contributed by atoms with Gasteiger partial charge in [0.15, 0.2) is 0 Å². The quantitative estimate of drug-likeness (QED) is 0.856. The molecule has 3 N–H and O–H groups in total. The predicted octanol–water partition coefficient (Wildman–Crippen LogP) is 1.72. The van der Waals surface area contributed by atoms with E-state index in [1.165, 1.54) is 12.1 Å². The number of ether oxygens (including phenoxy) is 1. The lowest BCUT2D eigenvalue weighted by molar-refractivity contribution is -0.148. The number of hydrogen-bond acceptors (Lipinski definition) is 3. The van der Waals surface area contributed by atoms with Gasteiger partial charge in [-0.25, -0.2) is 4.39 Å². The standard InChI is InChI=1S/C15H20FNO2/c16-12-2-3-13-11(8-12)4-6-15(13,18)14(9-17)5-1-7-19-10-14/h2-3,8,18H,1,4-7,9-10,17H2. The molecule has 1 aromatic rings. The Balaban J connectivity index is 2.05. The lowest BCUT2D eigenvalue weighted by Gasteiger charge is -2.47. The first-order valence-corrected chi connectivity index (χ1v) is 6.90. The van der Waals surface area contributed by atoms with Gasteiger partial charge in [0.2, 0.25) is 0 Å². The van der Waals surface area contributed by atoms with Crippen molar-refractivity contribution in [2.45, 2.75) is 31.3 Å². The van der Waals surface area contributed by atoms with E-state index in [0.717, 1.165) is 30.6 Å². The van der Waals surface area contributed by atoms with Crippen LogP contribution < -0.4 is 5.73 Å². The molecule has 104 valence electrons. The highest BCUT2D eigenvalue weighted by molar-refractivity contribution is 5.40. The number of halogens is 1. The van der Waals surface area contributed by atoms with E-state index in [-0.39, 0.29) is 5.82 Å². The van der Waals surface area contributed by atoms with Crippen LogP contribution in [0.1, 0.15) is 30.4 Å². The number of fused-ring (bicyclic) bond motifs is 1. The third kappa shape index (κ3) is 1.82. The molecule has 0 radical (unpaired) electrons. The molecule has 0 bridgehead atoms. The monoisotopic (exact) mass is 265 g/mol. The summed E-state index contributed by atoms with van der Waals surface area (Å²) in [6.07, 6.45) is 3.07. The minimum atomic E-state index is -0.981. The summed E-state index contributed by atoms with van der Waals surface area (Å²) >= 11 is 0. The summed E-state index contributed by atoms with van der Waals surface area (Å²) in [5.41, 5.74) is 6.30. The first kappa shape index (κ1) is 13.0. The number of aliphatic hydroxyl groups is 1. The molecule has 1 heterocycles. The van der Waals surface area contributed by atoms with Crippen molar-refractivity contribution in [1.29, 1.82) is 0 Å². The van der Waals surface area contributed by atoms with Gasteiger partial charge in [0, 0.05) is 18.6 Å². The molecule has 2 unspecified atom stereocenters. The highest BCUT2D eigenvalue weighted by Gasteiger charge is 2.54. The molecule has 0 spiro atoms. The van der Waals surface area contributed by atoms with E-state index >= 15 is 0 Å². The van der Waals surface area contributed by atoms with Crippen molar-refractivity contribution in [1.82, 2.24) is 0 Å². The van der Waals surface area contributed by atoms with Gasteiger partial charge in [-0.15, -0.1) is 0 Å². The fraction of sp³-hybridized carbons (Fsp3) is 0.600. The van der Waals surface area contributed by atoms with Crippen molar-refractivity contribution in [3.05, 3.63) is 35.1 Å². The van der Waals surface area contributed by atoms with Gasteiger partial charge in [0.25, 0.3) is 0 Å². The Morgan fingerprint density at radius 3 is 2.89 bits per heavy atom. The highest BCUT2D eigenvalue weighted by atomic mass is 19.1. The van der Waals surface area contributed by atoms with Crippen molar-refractivity contribution in [3.8, 4) is 0 Å². The zero-order chi connectivity index (χ0) is 13.5. The molecule has 1 saturated heterocycles. The second-order valence-electron chi connectivity index (χ2n) is 5.80. The summed E-state index contributed by atoms with van der Waals surface area (Å²) in [5.74, 6) is -0.246. The van der Waals surface area contributed by atoms with Crippen molar-refractivity contribution >= 4 is 0 Å². The summed E-state index contributed by atoms with van der Waals surface area (Å²) in [6.45, 7) is 1.60. The molecule has 1 aromatic carbocycles. The Hall–Kier alpha value is -0.970. The molecule has 0 saturated carbocycles. The van der Waals surface area contributed by atoms with Crippen LogP contribution in [-0.4, -0.2) is 24.9 Å². The Labute approximate surface area is 112 Å². The van der Waals surface area contributed by atoms with Gasteiger partial charge in [0.05, 0.1) is 12.2 Å². The van der Waals surface area contributed by atoms with E-state index in [0.29, 0.717) is 26.0 Å². The normalized spacial score (nSPS) is 34.3. The van der Waals surface area contributed by atoms with Crippen LogP contribution in [0.5, 0.6) is 0 Å². The third-order valence-electron chi connectivity index (χ3n) is 4.86. The van der Waals surface area contributed by atoms with Gasteiger partial charge in [-0.3, -0.25) is 0 Å². The van der Waals surface area contributed by atoms with Crippen LogP contribution >= 0.6 is 0 Å². The van der Waals surface area contributed by atoms with E-state index < -0.39 is 11.0 Å². The maximum atomic E-state index is 13.3. The molecule has 0 amide bonds. The average Bonchev–Trinajstić information content (AvgIpc) is 2.78. The fourth-order valence-corrected chi connectivity index (χ4v) is 3.68. The lowest BCUT2D eigenvalue weighted by Crippen LogP contribution is -2.54. The van der Waals surface area contributed by atoms with E-state index in [4.69, 9.17) is 10.5 Å². The summed E-state index contributed by atoms with van der Waals surface area (Å²) < 4.78 is 18.9. The topological polar surface area (TPSA) is 55.5 Å².